The number of carbonyl (C=O) groups excluding carboxylic acids is 1. The van der Waals surface area contributed by atoms with Crippen molar-refractivity contribution in [3.63, 3.8) is 0 Å². The van der Waals surface area contributed by atoms with Crippen LogP contribution in [0.5, 0.6) is 0 Å². The molecule has 0 aliphatic heterocycles. The lowest BCUT2D eigenvalue weighted by molar-refractivity contribution is 0.102. The van der Waals surface area contributed by atoms with E-state index in [0.29, 0.717) is 30.0 Å². The van der Waals surface area contributed by atoms with Crippen molar-refractivity contribution in [2.75, 3.05) is 0 Å². The summed E-state index contributed by atoms with van der Waals surface area (Å²) in [6.45, 7) is 6.18. The van der Waals surface area contributed by atoms with E-state index >= 15 is 0 Å². The summed E-state index contributed by atoms with van der Waals surface area (Å²) in [5.74, 6) is 0.173. The van der Waals surface area contributed by atoms with Crippen LogP contribution in [-0.2, 0) is 13.0 Å². The number of carbonyl (C=O) groups is 1. The van der Waals surface area contributed by atoms with E-state index in [1.54, 1.807) is 0 Å². The molecule has 0 radical (unpaired) electrons. The van der Waals surface area contributed by atoms with E-state index in [0.717, 1.165) is 24.0 Å². The molecule has 1 aromatic heterocycles. The minimum absolute atomic E-state index is 0.248. The summed E-state index contributed by atoms with van der Waals surface area (Å²) in [6, 6.07) is 5.61. The van der Waals surface area contributed by atoms with Crippen molar-refractivity contribution in [2.24, 2.45) is 5.92 Å². The van der Waals surface area contributed by atoms with Crippen LogP contribution in [-0.4, -0.2) is 15.3 Å². The lowest BCUT2D eigenvalue weighted by atomic mass is 9.99. The number of ketones is 1. The molecule has 0 atom stereocenters. The maximum atomic E-state index is 13.1. The first kappa shape index (κ1) is 16.4. The number of hydrogen-bond donors (Lipinski definition) is 1. The largest absolute Gasteiger partial charge is 0.328 e. The van der Waals surface area contributed by atoms with E-state index in [-0.39, 0.29) is 11.5 Å². The maximum absolute atomic E-state index is 13.1. The third kappa shape index (κ3) is 3.11. The van der Waals surface area contributed by atoms with Crippen LogP contribution in [0.3, 0.4) is 0 Å². The molecule has 2 aromatic rings. The van der Waals surface area contributed by atoms with Gasteiger partial charge in [0.25, 0.3) is 5.56 Å². The molecule has 0 saturated heterocycles. The molecular formula is C19H22N2O3. The Balaban J connectivity index is 2.21. The molecular weight excluding hydrogens is 304 g/mol. The summed E-state index contributed by atoms with van der Waals surface area (Å²) in [5, 5.41) is 0. The van der Waals surface area contributed by atoms with Crippen LogP contribution < -0.4 is 11.2 Å². The predicted molar refractivity (Wildman–Crippen MR) is 92.8 cm³/mol. The Morgan fingerprint density at radius 1 is 1.17 bits per heavy atom. The first-order valence-corrected chi connectivity index (χ1v) is 8.39. The van der Waals surface area contributed by atoms with Crippen molar-refractivity contribution >= 4 is 5.78 Å². The topological polar surface area (TPSA) is 71.9 Å². The lowest BCUT2D eigenvalue weighted by Crippen LogP contribution is -2.37. The number of rotatable bonds is 5. The number of nitrogens with one attached hydrogen (secondary N) is 1. The average molecular weight is 326 g/mol. The standard InChI is InChI=1S/C19H22N2O3/c1-4-15-16(17(22)14-8-11(2)7-12(3)9-14)21(10-13-5-6-13)19(24)20-18(15)23/h7-9,13H,4-6,10H2,1-3H3,(H,20,23,24). The first-order chi connectivity index (χ1) is 11.4. The summed E-state index contributed by atoms with van der Waals surface area (Å²) >= 11 is 0. The summed E-state index contributed by atoms with van der Waals surface area (Å²) in [4.78, 5) is 40.0. The number of hydrogen-bond acceptors (Lipinski definition) is 3. The minimum Gasteiger partial charge on any atom is -0.290 e. The number of aryl methyl sites for hydroxylation is 2. The Hall–Kier alpha value is -2.43. The van der Waals surface area contributed by atoms with Gasteiger partial charge in [0.15, 0.2) is 0 Å². The predicted octanol–water partition coefficient (Wildman–Crippen LogP) is 2.36. The number of benzene rings is 1. The highest BCUT2D eigenvalue weighted by Crippen LogP contribution is 2.30. The molecule has 1 N–H and O–H groups in total. The van der Waals surface area contributed by atoms with Crippen LogP contribution in [0.2, 0.25) is 0 Å². The summed E-state index contributed by atoms with van der Waals surface area (Å²) in [7, 11) is 0. The minimum atomic E-state index is -0.489. The van der Waals surface area contributed by atoms with Crippen molar-refractivity contribution < 1.29 is 4.79 Å². The van der Waals surface area contributed by atoms with Gasteiger partial charge in [-0.05, 0) is 51.2 Å². The van der Waals surface area contributed by atoms with Gasteiger partial charge in [-0.2, -0.15) is 0 Å². The average Bonchev–Trinajstić information content (AvgIpc) is 3.32. The molecule has 3 rings (SSSR count). The van der Waals surface area contributed by atoms with Crippen LogP contribution in [0, 0.1) is 19.8 Å². The Morgan fingerprint density at radius 2 is 1.79 bits per heavy atom. The zero-order valence-electron chi connectivity index (χ0n) is 14.3. The van der Waals surface area contributed by atoms with E-state index in [1.807, 2.05) is 39.0 Å². The maximum Gasteiger partial charge on any atom is 0.328 e. The molecule has 1 aliphatic carbocycles. The van der Waals surface area contributed by atoms with Crippen LogP contribution in [0.1, 0.15) is 52.5 Å². The van der Waals surface area contributed by atoms with Crippen molar-refractivity contribution in [1.29, 1.82) is 0 Å². The van der Waals surface area contributed by atoms with E-state index in [1.165, 1.54) is 4.57 Å². The molecule has 0 unspecified atom stereocenters. The van der Waals surface area contributed by atoms with Crippen LogP contribution in [0.25, 0.3) is 0 Å². The fourth-order valence-corrected chi connectivity index (χ4v) is 3.17. The number of aromatic nitrogens is 2. The van der Waals surface area contributed by atoms with Gasteiger partial charge in [-0.15, -0.1) is 0 Å². The molecule has 1 aliphatic rings. The summed E-state index contributed by atoms with van der Waals surface area (Å²) < 4.78 is 1.47. The Morgan fingerprint density at radius 3 is 2.33 bits per heavy atom. The molecule has 0 spiro atoms. The van der Waals surface area contributed by atoms with Gasteiger partial charge in [-0.25, -0.2) is 4.79 Å². The van der Waals surface area contributed by atoms with E-state index in [4.69, 9.17) is 0 Å². The van der Waals surface area contributed by atoms with Gasteiger partial charge in [0.1, 0.15) is 5.69 Å². The molecule has 5 nitrogen and oxygen atoms in total. The van der Waals surface area contributed by atoms with Crippen molar-refractivity contribution in [2.45, 2.75) is 46.6 Å². The van der Waals surface area contributed by atoms with Gasteiger partial charge in [0.2, 0.25) is 5.78 Å². The Bertz CT molecular complexity index is 897. The number of H-pyrrole nitrogens is 1. The quantitative estimate of drug-likeness (QED) is 0.857. The molecule has 1 saturated carbocycles. The first-order valence-electron chi connectivity index (χ1n) is 8.39. The highest BCUT2D eigenvalue weighted by atomic mass is 16.2. The van der Waals surface area contributed by atoms with Crippen LogP contribution in [0.15, 0.2) is 27.8 Å². The van der Waals surface area contributed by atoms with Gasteiger partial charge >= 0.3 is 5.69 Å². The Kier molecular flexibility index (Phi) is 4.26. The molecule has 0 bridgehead atoms. The fraction of sp³-hybridized carbons (Fsp3) is 0.421. The van der Waals surface area contributed by atoms with Crippen molar-refractivity contribution in [3.05, 3.63) is 67.0 Å². The van der Waals surface area contributed by atoms with E-state index < -0.39 is 11.2 Å². The second-order valence-electron chi connectivity index (χ2n) is 6.70. The molecule has 24 heavy (non-hydrogen) atoms. The highest BCUT2D eigenvalue weighted by molar-refractivity contribution is 6.09. The second-order valence-corrected chi connectivity index (χ2v) is 6.70. The molecule has 1 fully saturated rings. The van der Waals surface area contributed by atoms with Gasteiger partial charge in [-0.1, -0.05) is 24.1 Å². The molecule has 1 aromatic carbocycles. The fourth-order valence-electron chi connectivity index (χ4n) is 3.17. The molecule has 0 amide bonds. The molecule has 5 heteroatoms. The summed E-state index contributed by atoms with van der Waals surface area (Å²) in [6.07, 6.45) is 2.53. The second kappa shape index (κ2) is 6.23. The normalized spacial score (nSPS) is 14.0. The van der Waals surface area contributed by atoms with E-state index in [2.05, 4.69) is 4.98 Å². The SMILES string of the molecule is CCc1c(C(=O)c2cc(C)cc(C)c2)n(CC2CC2)c(=O)[nH]c1=O. The lowest BCUT2D eigenvalue weighted by Gasteiger charge is -2.15. The van der Waals surface area contributed by atoms with Gasteiger partial charge in [0.05, 0.1) is 0 Å². The van der Waals surface area contributed by atoms with E-state index in [9.17, 15) is 14.4 Å². The van der Waals surface area contributed by atoms with Gasteiger partial charge in [0, 0.05) is 17.7 Å². The zero-order valence-corrected chi connectivity index (χ0v) is 14.3. The molecule has 126 valence electrons. The highest BCUT2D eigenvalue weighted by Gasteiger charge is 2.27. The van der Waals surface area contributed by atoms with Gasteiger partial charge < -0.3 is 0 Å². The van der Waals surface area contributed by atoms with Crippen LogP contribution >= 0.6 is 0 Å². The van der Waals surface area contributed by atoms with Gasteiger partial charge in [-0.3, -0.25) is 19.1 Å². The van der Waals surface area contributed by atoms with Crippen molar-refractivity contribution in [1.82, 2.24) is 9.55 Å². The number of aromatic amines is 1. The zero-order chi connectivity index (χ0) is 17.4. The third-order valence-corrected chi connectivity index (χ3v) is 4.49. The monoisotopic (exact) mass is 326 g/mol. The number of nitrogens with zero attached hydrogens (tertiary/aromatic N) is 1. The molecule has 1 heterocycles. The third-order valence-electron chi connectivity index (χ3n) is 4.49. The van der Waals surface area contributed by atoms with Crippen LogP contribution in [0.4, 0.5) is 0 Å². The Labute approximate surface area is 140 Å². The summed E-state index contributed by atoms with van der Waals surface area (Å²) in [5.41, 5.74) is 2.19. The van der Waals surface area contributed by atoms with Crippen molar-refractivity contribution in [3.8, 4) is 0 Å². The smallest absolute Gasteiger partial charge is 0.290 e.